The molecule has 0 N–H and O–H groups in total. The topological polar surface area (TPSA) is 0 Å². The van der Waals surface area contributed by atoms with Gasteiger partial charge in [0.25, 0.3) is 0 Å². The molecule has 0 aliphatic carbocycles. The first kappa shape index (κ1) is 13.4. The van der Waals surface area contributed by atoms with Gasteiger partial charge in [-0.2, -0.15) is 0 Å². The highest BCUT2D eigenvalue weighted by atomic mass is 35.5. The minimum atomic E-state index is -0.489. The quantitative estimate of drug-likeness (QED) is 0.474. The monoisotopic (exact) mass is 300 g/mol. The van der Waals surface area contributed by atoms with Gasteiger partial charge in [-0.25, -0.2) is 4.39 Å². The predicted molar refractivity (Wildman–Crippen MR) is 76.8 cm³/mol. The Hall–Kier alpha value is -1.02. The van der Waals surface area contributed by atoms with Crippen LogP contribution in [0.15, 0.2) is 36.4 Å². The summed E-state index contributed by atoms with van der Waals surface area (Å²) in [5.74, 6) is -0.489. The van der Waals surface area contributed by atoms with Crippen LogP contribution in [0, 0.1) is 5.82 Å². The first-order valence-electron chi connectivity index (χ1n) is 5.14. The largest absolute Gasteiger partial charge is 0.205 e. The predicted octanol–water partition coefficient (Wildman–Crippen LogP) is 5.96. The van der Waals surface area contributed by atoms with Gasteiger partial charge in [0.1, 0.15) is 5.82 Å². The molecule has 4 heteroatoms. The molecule has 0 bridgehead atoms. The lowest BCUT2D eigenvalue weighted by Gasteiger charge is -2.01. The van der Waals surface area contributed by atoms with Crippen molar-refractivity contribution in [3.8, 4) is 0 Å². The smallest absolute Gasteiger partial charge is 0.142 e. The molecule has 0 aliphatic rings. The summed E-state index contributed by atoms with van der Waals surface area (Å²) >= 11 is 17.4. The Balaban J connectivity index is 2.28. The van der Waals surface area contributed by atoms with Crippen molar-refractivity contribution < 1.29 is 4.39 Å². The van der Waals surface area contributed by atoms with Gasteiger partial charge in [0, 0.05) is 10.0 Å². The minimum absolute atomic E-state index is 0.0173. The fourth-order valence-electron chi connectivity index (χ4n) is 1.43. The molecule has 92 valence electrons. The average Bonchev–Trinajstić information content (AvgIpc) is 2.34. The third-order valence-corrected chi connectivity index (χ3v) is 3.23. The van der Waals surface area contributed by atoms with E-state index in [0.717, 1.165) is 5.56 Å². The van der Waals surface area contributed by atoms with E-state index in [9.17, 15) is 4.39 Å². The van der Waals surface area contributed by atoms with Crippen molar-refractivity contribution in [1.29, 1.82) is 0 Å². The molecular formula is C14H8Cl3F. The van der Waals surface area contributed by atoms with E-state index in [0.29, 0.717) is 15.6 Å². The van der Waals surface area contributed by atoms with Gasteiger partial charge in [-0.3, -0.25) is 0 Å². The maximum absolute atomic E-state index is 13.3. The molecule has 0 saturated carbocycles. The molecule has 0 heterocycles. The first-order valence-corrected chi connectivity index (χ1v) is 6.28. The molecule has 0 unspecified atom stereocenters. The van der Waals surface area contributed by atoms with Crippen LogP contribution in [0.4, 0.5) is 4.39 Å². The summed E-state index contributed by atoms with van der Waals surface area (Å²) in [6.45, 7) is 0. The van der Waals surface area contributed by atoms with E-state index in [1.165, 1.54) is 12.1 Å². The standard InChI is InChI=1S/C14H8Cl3F/c15-11-5-2-9(3-6-11)1-4-10-7-14(18)13(17)8-12(10)16/h1-8H. The molecule has 0 aliphatic heterocycles. The number of halogens is 4. The first-order chi connectivity index (χ1) is 8.56. The summed E-state index contributed by atoms with van der Waals surface area (Å²) in [4.78, 5) is 0. The van der Waals surface area contributed by atoms with Gasteiger partial charge >= 0.3 is 0 Å². The van der Waals surface area contributed by atoms with Crippen molar-refractivity contribution in [2.24, 2.45) is 0 Å². The maximum atomic E-state index is 13.3. The molecule has 0 saturated heterocycles. The van der Waals surface area contributed by atoms with Crippen LogP contribution >= 0.6 is 34.8 Å². The highest BCUT2D eigenvalue weighted by Gasteiger charge is 2.04. The molecule has 2 aromatic carbocycles. The van der Waals surface area contributed by atoms with Crippen molar-refractivity contribution >= 4 is 47.0 Å². The van der Waals surface area contributed by atoms with Gasteiger partial charge in [-0.05, 0) is 35.4 Å². The Morgan fingerprint density at radius 3 is 2.17 bits per heavy atom. The molecule has 2 aromatic rings. The molecule has 0 nitrogen and oxygen atoms in total. The third-order valence-electron chi connectivity index (χ3n) is 2.36. The van der Waals surface area contributed by atoms with Crippen LogP contribution in [0.1, 0.15) is 11.1 Å². The van der Waals surface area contributed by atoms with E-state index in [2.05, 4.69) is 0 Å². The van der Waals surface area contributed by atoms with Gasteiger partial charge in [0.05, 0.1) is 5.02 Å². The Morgan fingerprint density at radius 1 is 0.833 bits per heavy atom. The van der Waals surface area contributed by atoms with Crippen LogP contribution in [-0.2, 0) is 0 Å². The number of hydrogen-bond donors (Lipinski definition) is 0. The van der Waals surface area contributed by atoms with E-state index in [-0.39, 0.29) is 5.02 Å². The number of rotatable bonds is 2. The molecule has 0 spiro atoms. The summed E-state index contributed by atoms with van der Waals surface area (Å²) in [5.41, 5.74) is 1.53. The zero-order chi connectivity index (χ0) is 13.1. The zero-order valence-corrected chi connectivity index (χ0v) is 11.4. The SMILES string of the molecule is Fc1cc(C=Cc2ccc(Cl)cc2)c(Cl)cc1Cl. The van der Waals surface area contributed by atoms with Gasteiger partial charge in [0.15, 0.2) is 0 Å². The lowest BCUT2D eigenvalue weighted by Crippen LogP contribution is -1.81. The van der Waals surface area contributed by atoms with Crippen molar-refractivity contribution in [2.45, 2.75) is 0 Å². The molecule has 18 heavy (non-hydrogen) atoms. The van der Waals surface area contributed by atoms with Crippen LogP contribution < -0.4 is 0 Å². The number of hydrogen-bond acceptors (Lipinski definition) is 0. The van der Waals surface area contributed by atoms with E-state index < -0.39 is 5.82 Å². The normalized spacial score (nSPS) is 11.1. The minimum Gasteiger partial charge on any atom is -0.205 e. The molecular weight excluding hydrogens is 294 g/mol. The Bertz CT molecular complexity index is 589. The lowest BCUT2D eigenvalue weighted by molar-refractivity contribution is 0.628. The molecule has 2 rings (SSSR count). The van der Waals surface area contributed by atoms with Crippen LogP contribution in [0.25, 0.3) is 12.2 Å². The summed E-state index contributed by atoms with van der Waals surface area (Å²) in [6.07, 6.45) is 3.55. The Kier molecular flexibility index (Phi) is 4.28. The van der Waals surface area contributed by atoms with Crippen molar-refractivity contribution in [3.05, 3.63) is 68.4 Å². The highest BCUT2D eigenvalue weighted by molar-refractivity contribution is 6.35. The van der Waals surface area contributed by atoms with Crippen LogP contribution in [0.2, 0.25) is 15.1 Å². The fraction of sp³-hybridized carbons (Fsp3) is 0. The Morgan fingerprint density at radius 2 is 1.50 bits per heavy atom. The molecule has 0 aromatic heterocycles. The molecule has 0 atom stereocenters. The van der Waals surface area contributed by atoms with E-state index >= 15 is 0 Å². The van der Waals surface area contributed by atoms with Crippen LogP contribution in [0.5, 0.6) is 0 Å². The zero-order valence-electron chi connectivity index (χ0n) is 9.13. The van der Waals surface area contributed by atoms with E-state index in [1.54, 1.807) is 18.2 Å². The highest BCUT2D eigenvalue weighted by Crippen LogP contribution is 2.25. The van der Waals surface area contributed by atoms with Gasteiger partial charge in [-0.15, -0.1) is 0 Å². The average molecular weight is 302 g/mol. The van der Waals surface area contributed by atoms with E-state index in [4.69, 9.17) is 34.8 Å². The summed E-state index contributed by atoms with van der Waals surface area (Å²) in [7, 11) is 0. The van der Waals surface area contributed by atoms with Crippen molar-refractivity contribution in [2.75, 3.05) is 0 Å². The molecule has 0 fully saturated rings. The third kappa shape index (κ3) is 3.26. The second-order valence-corrected chi connectivity index (χ2v) is 4.92. The van der Waals surface area contributed by atoms with Crippen molar-refractivity contribution in [3.63, 3.8) is 0 Å². The van der Waals surface area contributed by atoms with Gasteiger partial charge in [-0.1, -0.05) is 59.1 Å². The fourth-order valence-corrected chi connectivity index (χ4v) is 2.00. The molecule has 0 amide bonds. The van der Waals surface area contributed by atoms with Crippen LogP contribution in [0.3, 0.4) is 0 Å². The van der Waals surface area contributed by atoms with E-state index in [1.807, 2.05) is 18.2 Å². The Labute approximate surface area is 120 Å². The summed E-state index contributed by atoms with van der Waals surface area (Å²) in [5, 5.41) is 1.10. The van der Waals surface area contributed by atoms with Crippen molar-refractivity contribution in [1.82, 2.24) is 0 Å². The van der Waals surface area contributed by atoms with Gasteiger partial charge < -0.3 is 0 Å². The summed E-state index contributed by atoms with van der Waals surface area (Å²) in [6, 6.07) is 9.98. The van der Waals surface area contributed by atoms with Gasteiger partial charge in [0.2, 0.25) is 0 Å². The number of benzene rings is 2. The maximum Gasteiger partial charge on any atom is 0.142 e. The molecule has 0 radical (unpaired) electrons. The summed E-state index contributed by atoms with van der Waals surface area (Å²) < 4.78 is 13.3. The second kappa shape index (κ2) is 5.75. The second-order valence-electron chi connectivity index (χ2n) is 3.67. The van der Waals surface area contributed by atoms with Crippen LogP contribution in [-0.4, -0.2) is 0 Å². The lowest BCUT2D eigenvalue weighted by atomic mass is 10.1.